The summed E-state index contributed by atoms with van der Waals surface area (Å²) < 4.78 is 33.7. The first-order valence-electron chi connectivity index (χ1n) is 11.2. The number of ether oxygens (including phenoxy) is 1. The van der Waals surface area contributed by atoms with Gasteiger partial charge in [0.15, 0.2) is 15.5 Å². The lowest BCUT2D eigenvalue weighted by molar-refractivity contribution is 0.0297. The number of fused-ring (bicyclic) bond motifs is 3. The van der Waals surface area contributed by atoms with Gasteiger partial charge >= 0.3 is 0 Å². The quantitative estimate of drug-likeness (QED) is 0.585. The van der Waals surface area contributed by atoms with Gasteiger partial charge in [-0.2, -0.15) is 5.10 Å². The van der Waals surface area contributed by atoms with Crippen LogP contribution in [0.15, 0.2) is 23.1 Å². The Morgan fingerprint density at radius 1 is 1.21 bits per heavy atom. The number of hydrogen-bond donors (Lipinski definition) is 0. The van der Waals surface area contributed by atoms with Gasteiger partial charge in [-0.15, -0.1) is 11.6 Å². The summed E-state index contributed by atoms with van der Waals surface area (Å²) in [5.74, 6) is 0.00617. The molecule has 0 aliphatic carbocycles. The number of likely N-dealkylation sites (tertiary alicyclic amines) is 1. The molecule has 3 aliphatic rings. The molecule has 5 rings (SSSR count). The van der Waals surface area contributed by atoms with Crippen molar-refractivity contribution in [1.29, 1.82) is 0 Å². The summed E-state index contributed by atoms with van der Waals surface area (Å²) in [6, 6.07) is 5.10. The smallest absolute Gasteiger partial charge is 0.274 e. The number of aromatic nitrogens is 2. The molecule has 4 heterocycles. The number of alkyl halides is 1. The number of sulfone groups is 1. The van der Waals surface area contributed by atoms with E-state index in [4.69, 9.17) is 33.0 Å². The van der Waals surface area contributed by atoms with Gasteiger partial charge in [0, 0.05) is 43.2 Å². The Labute approximate surface area is 203 Å². The van der Waals surface area contributed by atoms with Crippen molar-refractivity contribution >= 4 is 38.9 Å². The Bertz CT molecular complexity index is 1180. The summed E-state index contributed by atoms with van der Waals surface area (Å²) in [4.78, 5) is 17.6. The molecule has 1 unspecified atom stereocenters. The zero-order valence-corrected chi connectivity index (χ0v) is 20.5. The van der Waals surface area contributed by atoms with E-state index in [1.54, 1.807) is 23.1 Å². The van der Waals surface area contributed by atoms with Crippen molar-refractivity contribution < 1.29 is 17.9 Å². The maximum Gasteiger partial charge on any atom is 0.274 e. The second-order valence-electron chi connectivity index (χ2n) is 8.69. The fourth-order valence-electron chi connectivity index (χ4n) is 5.07. The number of halogens is 2. The summed E-state index contributed by atoms with van der Waals surface area (Å²) in [7, 11) is -3.72. The average molecular weight is 513 g/mol. The van der Waals surface area contributed by atoms with E-state index >= 15 is 0 Å². The second-order valence-corrected chi connectivity index (χ2v) is 11.4. The molecule has 1 aromatic heterocycles. The standard InChI is InChI=1S/C22H26Cl2N4O4S/c23-6-8-26-7-2-3-15(13-26)28-20-16-4-1-5-18(24)21(16)33(30,31)14-17(20)19(25-28)22(29)27-9-11-32-12-10-27/h1,4-5,15H,2-3,6-14H2. The van der Waals surface area contributed by atoms with E-state index < -0.39 is 9.84 Å². The predicted octanol–water partition coefficient (Wildman–Crippen LogP) is 2.84. The van der Waals surface area contributed by atoms with Gasteiger partial charge < -0.3 is 14.5 Å². The third kappa shape index (κ3) is 4.18. The first-order valence-corrected chi connectivity index (χ1v) is 13.8. The highest BCUT2D eigenvalue weighted by atomic mass is 35.5. The fourth-order valence-corrected chi connectivity index (χ4v) is 7.50. The summed E-state index contributed by atoms with van der Waals surface area (Å²) in [5.41, 5.74) is 1.90. The Morgan fingerprint density at radius 2 is 2.00 bits per heavy atom. The molecule has 178 valence electrons. The molecule has 0 bridgehead atoms. The molecule has 0 N–H and O–H groups in total. The Balaban J connectivity index is 1.66. The first-order chi connectivity index (χ1) is 15.9. The van der Waals surface area contributed by atoms with E-state index in [9.17, 15) is 13.2 Å². The zero-order valence-electron chi connectivity index (χ0n) is 18.2. The predicted molar refractivity (Wildman–Crippen MR) is 126 cm³/mol. The third-order valence-corrected chi connectivity index (χ3v) is 8.93. The van der Waals surface area contributed by atoms with Gasteiger partial charge in [-0.3, -0.25) is 9.48 Å². The van der Waals surface area contributed by atoms with Crippen molar-refractivity contribution in [1.82, 2.24) is 19.6 Å². The molecule has 11 heteroatoms. The number of carbonyl (C=O) groups excluding carboxylic acids is 1. The highest BCUT2D eigenvalue weighted by Gasteiger charge is 2.40. The summed E-state index contributed by atoms with van der Waals surface area (Å²) in [6.45, 7) is 4.32. The minimum absolute atomic E-state index is 0.00888. The van der Waals surface area contributed by atoms with Crippen LogP contribution < -0.4 is 0 Å². The van der Waals surface area contributed by atoms with E-state index in [-0.39, 0.29) is 33.3 Å². The molecule has 2 aromatic rings. The molecule has 33 heavy (non-hydrogen) atoms. The van der Waals surface area contributed by atoms with Crippen LogP contribution in [0.3, 0.4) is 0 Å². The lowest BCUT2D eigenvalue weighted by Gasteiger charge is -2.33. The molecule has 2 fully saturated rings. The van der Waals surface area contributed by atoms with Crippen molar-refractivity contribution in [3.05, 3.63) is 34.5 Å². The monoisotopic (exact) mass is 512 g/mol. The Kier molecular flexibility index (Phi) is 6.43. The molecule has 1 aromatic carbocycles. The van der Waals surface area contributed by atoms with Crippen molar-refractivity contribution in [3.63, 3.8) is 0 Å². The highest BCUT2D eigenvalue weighted by molar-refractivity contribution is 7.91. The molecule has 3 aliphatic heterocycles. The van der Waals surface area contributed by atoms with Crippen molar-refractivity contribution in [2.24, 2.45) is 0 Å². The normalized spacial score (nSPS) is 22.6. The number of morpholine rings is 1. The van der Waals surface area contributed by atoms with Gasteiger partial charge in [0.1, 0.15) is 0 Å². The van der Waals surface area contributed by atoms with Crippen LogP contribution in [-0.4, -0.2) is 85.7 Å². The van der Waals surface area contributed by atoms with Crippen LogP contribution in [0.2, 0.25) is 5.02 Å². The number of rotatable bonds is 4. The lowest BCUT2D eigenvalue weighted by atomic mass is 10.0. The van der Waals surface area contributed by atoms with Crippen LogP contribution in [-0.2, 0) is 20.3 Å². The summed E-state index contributed by atoms with van der Waals surface area (Å²) in [6.07, 6.45) is 1.87. The van der Waals surface area contributed by atoms with E-state index in [1.807, 2.05) is 4.68 Å². The van der Waals surface area contributed by atoms with Gasteiger partial charge in [0.05, 0.1) is 40.6 Å². The van der Waals surface area contributed by atoms with Crippen molar-refractivity contribution in [3.8, 4) is 11.3 Å². The number of amides is 1. The Morgan fingerprint density at radius 3 is 2.76 bits per heavy atom. The lowest BCUT2D eigenvalue weighted by Crippen LogP contribution is -2.41. The number of benzene rings is 1. The number of nitrogens with zero attached hydrogens (tertiary/aromatic N) is 4. The Hall–Kier alpha value is -1.65. The van der Waals surface area contributed by atoms with E-state index in [0.717, 1.165) is 32.5 Å². The van der Waals surface area contributed by atoms with E-state index in [2.05, 4.69) is 4.90 Å². The SMILES string of the molecule is O=C(c1nn(C2CCCN(CCCl)C2)c2c1CS(=O)(=O)c1c(Cl)cccc1-2)N1CCOCC1. The second kappa shape index (κ2) is 9.19. The van der Waals surface area contributed by atoms with Gasteiger partial charge in [0.2, 0.25) is 0 Å². The maximum atomic E-state index is 13.5. The minimum atomic E-state index is -3.72. The molecule has 1 atom stereocenters. The third-order valence-electron chi connectivity index (χ3n) is 6.60. The fraction of sp³-hybridized carbons (Fsp3) is 0.545. The van der Waals surface area contributed by atoms with Gasteiger partial charge in [-0.25, -0.2) is 8.42 Å². The highest BCUT2D eigenvalue weighted by Crippen LogP contribution is 2.44. The number of piperidine rings is 1. The van der Waals surface area contributed by atoms with Crippen LogP contribution in [0.4, 0.5) is 0 Å². The molecule has 8 nitrogen and oxygen atoms in total. The van der Waals surface area contributed by atoms with Gasteiger partial charge in [-0.05, 0) is 25.5 Å². The number of carbonyl (C=O) groups is 1. The molecule has 2 saturated heterocycles. The molecular formula is C22H26Cl2N4O4S. The van der Waals surface area contributed by atoms with Crippen LogP contribution in [0, 0.1) is 0 Å². The summed E-state index contributed by atoms with van der Waals surface area (Å²) in [5, 5.41) is 4.99. The zero-order chi connectivity index (χ0) is 23.2. The van der Waals surface area contributed by atoms with E-state index in [0.29, 0.717) is 49.0 Å². The van der Waals surface area contributed by atoms with Crippen molar-refractivity contribution in [2.75, 3.05) is 51.8 Å². The van der Waals surface area contributed by atoms with Crippen LogP contribution in [0.5, 0.6) is 0 Å². The number of hydrogen-bond acceptors (Lipinski definition) is 6. The maximum absolute atomic E-state index is 13.5. The van der Waals surface area contributed by atoms with Gasteiger partial charge in [0.25, 0.3) is 5.91 Å². The molecule has 1 amide bonds. The minimum Gasteiger partial charge on any atom is -0.378 e. The first kappa shape index (κ1) is 23.1. The van der Waals surface area contributed by atoms with Crippen molar-refractivity contribution in [2.45, 2.75) is 29.5 Å². The average Bonchev–Trinajstić information content (AvgIpc) is 3.18. The largest absolute Gasteiger partial charge is 0.378 e. The summed E-state index contributed by atoms with van der Waals surface area (Å²) >= 11 is 12.4. The molecule has 0 spiro atoms. The van der Waals surface area contributed by atoms with Gasteiger partial charge in [-0.1, -0.05) is 23.7 Å². The van der Waals surface area contributed by atoms with Crippen LogP contribution in [0.25, 0.3) is 11.3 Å². The van der Waals surface area contributed by atoms with Crippen LogP contribution >= 0.6 is 23.2 Å². The topological polar surface area (TPSA) is 84.7 Å². The van der Waals surface area contributed by atoms with Crippen LogP contribution in [0.1, 0.15) is 34.9 Å². The molecule has 0 radical (unpaired) electrons. The molecule has 0 saturated carbocycles. The molecular weight excluding hydrogens is 487 g/mol. The van der Waals surface area contributed by atoms with E-state index in [1.165, 1.54) is 0 Å².